The van der Waals surface area contributed by atoms with Gasteiger partial charge in [-0.15, -0.1) is 0 Å². The van der Waals surface area contributed by atoms with E-state index in [-0.39, 0.29) is 30.0 Å². The third-order valence-corrected chi connectivity index (χ3v) is 4.37. The molecule has 1 aromatic carbocycles. The van der Waals surface area contributed by atoms with Crippen LogP contribution in [0.3, 0.4) is 0 Å². The average molecular weight is 348 g/mol. The Labute approximate surface area is 149 Å². The summed E-state index contributed by atoms with van der Waals surface area (Å²) < 4.78 is 11.1. The van der Waals surface area contributed by atoms with Gasteiger partial charge in [-0.2, -0.15) is 0 Å². The first-order valence-electron chi connectivity index (χ1n) is 8.75. The van der Waals surface area contributed by atoms with Crippen LogP contribution in [0.2, 0.25) is 0 Å². The molecule has 6 heteroatoms. The molecule has 2 atom stereocenters. The molecule has 1 N–H and O–H groups in total. The summed E-state index contributed by atoms with van der Waals surface area (Å²) in [5.41, 5.74) is 0.925. The van der Waals surface area contributed by atoms with Gasteiger partial charge in [-0.05, 0) is 51.3 Å². The van der Waals surface area contributed by atoms with Crippen LogP contribution in [-0.2, 0) is 9.59 Å². The highest BCUT2D eigenvalue weighted by atomic mass is 16.5. The first-order chi connectivity index (χ1) is 11.8. The van der Waals surface area contributed by atoms with Crippen LogP contribution in [0.5, 0.6) is 11.5 Å². The second kappa shape index (κ2) is 8.23. The molecule has 2 rings (SSSR count). The molecule has 0 saturated carbocycles. The van der Waals surface area contributed by atoms with E-state index in [9.17, 15) is 9.59 Å². The fourth-order valence-electron chi connectivity index (χ4n) is 3.11. The smallest absolute Gasteiger partial charge is 0.243 e. The Morgan fingerprint density at radius 1 is 1.24 bits per heavy atom. The van der Waals surface area contributed by atoms with Gasteiger partial charge in [-0.3, -0.25) is 9.59 Å². The lowest BCUT2D eigenvalue weighted by Crippen LogP contribution is -2.45. The Bertz CT molecular complexity index is 630. The quantitative estimate of drug-likeness (QED) is 0.858. The molecule has 138 valence electrons. The van der Waals surface area contributed by atoms with E-state index in [4.69, 9.17) is 9.47 Å². The molecule has 25 heavy (non-hydrogen) atoms. The summed E-state index contributed by atoms with van der Waals surface area (Å²) in [7, 11) is 1.60. The predicted octanol–water partition coefficient (Wildman–Crippen LogP) is 2.67. The number of rotatable bonds is 6. The number of hydrogen-bond acceptors (Lipinski definition) is 4. The molecule has 6 nitrogen and oxygen atoms in total. The Morgan fingerprint density at radius 2 is 1.96 bits per heavy atom. The molecule has 0 radical (unpaired) electrons. The van der Waals surface area contributed by atoms with Crippen molar-refractivity contribution < 1.29 is 19.1 Å². The highest BCUT2D eigenvalue weighted by Gasteiger charge is 2.32. The number of methoxy groups -OCH3 is 1. The van der Waals surface area contributed by atoms with E-state index in [1.165, 1.54) is 6.92 Å². The van der Waals surface area contributed by atoms with Crippen molar-refractivity contribution in [2.75, 3.05) is 13.7 Å². The maximum absolute atomic E-state index is 12.5. The molecule has 1 heterocycles. The molecular formula is C19H28N2O4. The van der Waals surface area contributed by atoms with Gasteiger partial charge in [0.1, 0.15) is 6.04 Å². The molecule has 1 aliphatic heterocycles. The predicted molar refractivity (Wildman–Crippen MR) is 95.7 cm³/mol. The van der Waals surface area contributed by atoms with E-state index in [0.29, 0.717) is 24.5 Å². The Morgan fingerprint density at radius 3 is 2.56 bits per heavy atom. The van der Waals surface area contributed by atoms with Crippen molar-refractivity contribution in [3.8, 4) is 11.5 Å². The van der Waals surface area contributed by atoms with E-state index in [2.05, 4.69) is 5.32 Å². The van der Waals surface area contributed by atoms with Crippen molar-refractivity contribution in [3.05, 3.63) is 23.8 Å². The molecule has 1 aromatic rings. The monoisotopic (exact) mass is 348 g/mol. The van der Waals surface area contributed by atoms with E-state index in [0.717, 1.165) is 12.0 Å². The van der Waals surface area contributed by atoms with Crippen LogP contribution >= 0.6 is 0 Å². The maximum Gasteiger partial charge on any atom is 0.243 e. The summed E-state index contributed by atoms with van der Waals surface area (Å²) in [6.07, 6.45) is 1.63. The topological polar surface area (TPSA) is 67.9 Å². The fraction of sp³-hybridized carbons (Fsp3) is 0.579. The highest BCUT2D eigenvalue weighted by Crippen LogP contribution is 2.31. The maximum atomic E-state index is 12.5. The van der Waals surface area contributed by atoms with Crippen molar-refractivity contribution >= 4 is 11.8 Å². The summed E-state index contributed by atoms with van der Waals surface area (Å²) in [6.45, 7) is 7.99. The zero-order valence-corrected chi connectivity index (χ0v) is 15.7. The van der Waals surface area contributed by atoms with Gasteiger partial charge in [0, 0.05) is 13.5 Å². The van der Waals surface area contributed by atoms with Crippen molar-refractivity contribution in [3.63, 3.8) is 0 Å². The molecule has 0 spiro atoms. The zero-order chi connectivity index (χ0) is 18.6. The number of amides is 2. The summed E-state index contributed by atoms with van der Waals surface area (Å²) in [5.74, 6) is 1.15. The van der Waals surface area contributed by atoms with Crippen LogP contribution in [0, 0.1) is 0 Å². The highest BCUT2D eigenvalue weighted by molar-refractivity contribution is 5.87. The molecule has 0 aromatic heterocycles. The summed E-state index contributed by atoms with van der Waals surface area (Å²) in [4.78, 5) is 25.8. The number of carbonyl (C=O) groups excluding carboxylic acids is 2. The van der Waals surface area contributed by atoms with Gasteiger partial charge >= 0.3 is 0 Å². The standard InChI is InChI=1S/C19H28N2O4/c1-12(2)25-17-9-8-15(11-18(17)24-5)13(3)20-19(23)16-7-6-10-21(16)14(4)22/h8-9,11-13,16H,6-7,10H2,1-5H3,(H,20,23)/t13-,16+/m1/s1. The molecular weight excluding hydrogens is 320 g/mol. The fourth-order valence-corrected chi connectivity index (χ4v) is 3.11. The number of ether oxygens (including phenoxy) is 2. The Balaban J connectivity index is 2.08. The van der Waals surface area contributed by atoms with Gasteiger partial charge in [0.15, 0.2) is 11.5 Å². The lowest BCUT2D eigenvalue weighted by Gasteiger charge is -2.25. The second-order valence-electron chi connectivity index (χ2n) is 6.68. The first-order valence-corrected chi connectivity index (χ1v) is 8.75. The van der Waals surface area contributed by atoms with Crippen LogP contribution < -0.4 is 14.8 Å². The molecule has 1 aliphatic rings. The molecule has 2 amide bonds. The summed E-state index contributed by atoms with van der Waals surface area (Å²) in [5, 5.41) is 3.01. The van der Waals surface area contributed by atoms with Gasteiger partial charge < -0.3 is 19.7 Å². The summed E-state index contributed by atoms with van der Waals surface area (Å²) in [6, 6.07) is 5.09. The Kier molecular flexibility index (Phi) is 6.28. The molecule has 0 bridgehead atoms. The van der Waals surface area contributed by atoms with Crippen molar-refractivity contribution in [1.82, 2.24) is 10.2 Å². The van der Waals surface area contributed by atoms with E-state index < -0.39 is 0 Å². The lowest BCUT2D eigenvalue weighted by molar-refractivity contribution is -0.137. The number of nitrogens with zero attached hydrogens (tertiary/aromatic N) is 1. The van der Waals surface area contributed by atoms with Crippen molar-refractivity contribution in [2.24, 2.45) is 0 Å². The second-order valence-corrected chi connectivity index (χ2v) is 6.68. The van der Waals surface area contributed by atoms with Crippen LogP contribution in [0.4, 0.5) is 0 Å². The van der Waals surface area contributed by atoms with E-state index in [1.807, 2.05) is 39.0 Å². The van der Waals surface area contributed by atoms with Gasteiger partial charge in [-0.25, -0.2) is 0 Å². The third-order valence-electron chi connectivity index (χ3n) is 4.37. The SMILES string of the molecule is COc1cc([C@@H](C)NC(=O)[C@@H]2CCCN2C(C)=O)ccc1OC(C)C. The summed E-state index contributed by atoms with van der Waals surface area (Å²) >= 11 is 0. The van der Waals surface area contributed by atoms with E-state index >= 15 is 0 Å². The number of benzene rings is 1. The van der Waals surface area contributed by atoms with Crippen molar-refractivity contribution in [1.29, 1.82) is 0 Å². The van der Waals surface area contributed by atoms with Crippen LogP contribution in [0.1, 0.15) is 52.1 Å². The molecule has 1 saturated heterocycles. The van der Waals surface area contributed by atoms with Crippen LogP contribution in [-0.4, -0.2) is 42.5 Å². The normalized spacial score (nSPS) is 18.2. The first kappa shape index (κ1) is 19.1. The molecule has 0 unspecified atom stereocenters. The van der Waals surface area contributed by atoms with Crippen molar-refractivity contribution in [2.45, 2.75) is 58.7 Å². The number of nitrogens with one attached hydrogen (secondary N) is 1. The van der Waals surface area contributed by atoms with Crippen LogP contribution in [0.25, 0.3) is 0 Å². The van der Waals surface area contributed by atoms with Gasteiger partial charge in [0.25, 0.3) is 0 Å². The molecule has 1 fully saturated rings. The minimum atomic E-state index is -0.370. The number of carbonyl (C=O) groups is 2. The number of likely N-dealkylation sites (tertiary alicyclic amines) is 1. The van der Waals surface area contributed by atoms with Gasteiger partial charge in [-0.1, -0.05) is 6.07 Å². The van der Waals surface area contributed by atoms with Crippen LogP contribution in [0.15, 0.2) is 18.2 Å². The van der Waals surface area contributed by atoms with Gasteiger partial charge in [0.05, 0.1) is 19.3 Å². The minimum Gasteiger partial charge on any atom is -0.493 e. The van der Waals surface area contributed by atoms with E-state index in [1.54, 1.807) is 12.0 Å². The minimum absolute atomic E-state index is 0.0526. The molecule has 0 aliphatic carbocycles. The lowest BCUT2D eigenvalue weighted by atomic mass is 10.1. The largest absolute Gasteiger partial charge is 0.493 e. The average Bonchev–Trinajstić information content (AvgIpc) is 3.04. The van der Waals surface area contributed by atoms with Gasteiger partial charge in [0.2, 0.25) is 11.8 Å². The Hall–Kier alpha value is -2.24. The third kappa shape index (κ3) is 4.65. The number of hydrogen-bond donors (Lipinski definition) is 1. The zero-order valence-electron chi connectivity index (χ0n) is 15.7.